The third-order valence-corrected chi connectivity index (χ3v) is 5.30. The molecule has 0 aliphatic heterocycles. The van der Waals surface area contributed by atoms with Crippen LogP contribution >= 0.6 is 0 Å². The zero-order valence-electron chi connectivity index (χ0n) is 20.8. The van der Waals surface area contributed by atoms with Gasteiger partial charge in [-0.1, -0.05) is 34.1 Å². The van der Waals surface area contributed by atoms with Gasteiger partial charge in [0.2, 0.25) is 29.5 Å². The number of hydrogen-bond acceptors (Lipinski definition) is 7. The van der Waals surface area contributed by atoms with Crippen molar-refractivity contribution in [3.8, 4) is 0 Å². The first kappa shape index (κ1) is 31.5. The molecule has 0 unspecified atom stereocenters. The van der Waals surface area contributed by atoms with Gasteiger partial charge in [0.1, 0.15) is 24.4 Å². The highest BCUT2D eigenvalue weighted by atomic mass is 16.4. The monoisotopic (exact) mass is 499 g/mol. The van der Waals surface area contributed by atoms with Gasteiger partial charge in [0.15, 0.2) is 0 Å². The molecule has 0 radical (unpaired) electrons. The number of carbonyl (C=O) groups is 7. The second-order valence-corrected chi connectivity index (χ2v) is 8.71. The lowest BCUT2D eigenvalue weighted by molar-refractivity contribution is -0.139. The van der Waals surface area contributed by atoms with E-state index in [-0.39, 0.29) is 25.0 Å². The van der Waals surface area contributed by atoms with Gasteiger partial charge < -0.3 is 36.9 Å². The summed E-state index contributed by atoms with van der Waals surface area (Å²) in [6.07, 6.45) is -0.308. The minimum atomic E-state index is -1.29. The van der Waals surface area contributed by atoms with Crippen LogP contribution in [0.1, 0.15) is 60.3 Å². The van der Waals surface area contributed by atoms with E-state index in [0.29, 0.717) is 6.42 Å². The fraction of sp³-hybridized carbons (Fsp3) is 0.682. The fourth-order valence-corrected chi connectivity index (χ4v) is 3.12. The normalized spacial score (nSPS) is 15.0. The van der Waals surface area contributed by atoms with Gasteiger partial charge >= 0.3 is 5.97 Å². The van der Waals surface area contributed by atoms with E-state index >= 15 is 0 Å². The maximum absolute atomic E-state index is 13.1. The highest BCUT2D eigenvalue weighted by Gasteiger charge is 2.33. The van der Waals surface area contributed by atoms with Crippen LogP contribution in [0.15, 0.2) is 0 Å². The van der Waals surface area contributed by atoms with Crippen molar-refractivity contribution in [2.45, 2.75) is 84.5 Å². The number of rotatable bonds is 16. The van der Waals surface area contributed by atoms with Gasteiger partial charge in [0.05, 0.1) is 12.5 Å². The Morgan fingerprint density at radius 3 is 1.89 bits per heavy atom. The van der Waals surface area contributed by atoms with Crippen LogP contribution in [0.2, 0.25) is 0 Å². The molecule has 198 valence electrons. The van der Waals surface area contributed by atoms with Crippen molar-refractivity contribution in [3.05, 3.63) is 0 Å². The number of nitrogens with one attached hydrogen (secondary N) is 4. The van der Waals surface area contributed by atoms with Crippen LogP contribution in [0.4, 0.5) is 0 Å². The summed E-state index contributed by atoms with van der Waals surface area (Å²) in [5.41, 5.74) is 5.19. The van der Waals surface area contributed by atoms with Gasteiger partial charge in [-0.15, -0.1) is 0 Å². The molecule has 0 spiro atoms. The third-order valence-electron chi connectivity index (χ3n) is 5.30. The lowest BCUT2D eigenvalue weighted by atomic mass is 9.96. The van der Waals surface area contributed by atoms with E-state index in [1.807, 2.05) is 0 Å². The number of carboxylic acid groups (broad SMARTS) is 1. The molecule has 0 rings (SSSR count). The molecule has 0 saturated heterocycles. The molecule has 0 bridgehead atoms. The molecule has 7 N–H and O–H groups in total. The van der Waals surface area contributed by atoms with E-state index in [1.165, 1.54) is 6.92 Å². The molecule has 0 aliphatic rings. The summed E-state index contributed by atoms with van der Waals surface area (Å²) in [6.45, 7) is 8.07. The number of aldehydes is 1. The lowest BCUT2D eigenvalue weighted by Crippen LogP contribution is -2.59. The Balaban J connectivity index is 5.74. The average molecular weight is 500 g/mol. The number of primary amides is 1. The zero-order valence-corrected chi connectivity index (χ0v) is 20.8. The summed E-state index contributed by atoms with van der Waals surface area (Å²) in [4.78, 5) is 83.4. The van der Waals surface area contributed by atoms with E-state index in [2.05, 4.69) is 21.3 Å². The lowest BCUT2D eigenvalue weighted by Gasteiger charge is -2.28. The largest absolute Gasteiger partial charge is 0.481 e. The van der Waals surface area contributed by atoms with Crippen LogP contribution in [0, 0.1) is 11.8 Å². The maximum atomic E-state index is 13.1. The van der Waals surface area contributed by atoms with Gasteiger partial charge in [0, 0.05) is 13.3 Å². The molecule has 13 heteroatoms. The van der Waals surface area contributed by atoms with Crippen LogP contribution in [0.3, 0.4) is 0 Å². The summed E-state index contributed by atoms with van der Waals surface area (Å²) in [6, 6.07) is -4.66. The molecule has 0 saturated carbocycles. The summed E-state index contributed by atoms with van der Waals surface area (Å²) >= 11 is 0. The Hall–Kier alpha value is -3.51. The van der Waals surface area contributed by atoms with Gasteiger partial charge in [0.25, 0.3) is 0 Å². The van der Waals surface area contributed by atoms with Gasteiger partial charge in [-0.3, -0.25) is 28.8 Å². The molecule has 0 aliphatic carbocycles. The van der Waals surface area contributed by atoms with Crippen molar-refractivity contribution >= 4 is 41.8 Å². The highest BCUT2D eigenvalue weighted by molar-refractivity contribution is 5.95. The number of amides is 5. The Labute approximate surface area is 204 Å². The molecule has 0 fully saturated rings. The predicted molar refractivity (Wildman–Crippen MR) is 124 cm³/mol. The van der Waals surface area contributed by atoms with Crippen LogP contribution in [-0.4, -0.2) is 71.1 Å². The molecular weight excluding hydrogens is 462 g/mol. The average Bonchev–Trinajstić information content (AvgIpc) is 2.76. The van der Waals surface area contributed by atoms with Crippen molar-refractivity contribution in [1.82, 2.24) is 21.3 Å². The first-order valence-corrected chi connectivity index (χ1v) is 11.4. The molecule has 5 amide bonds. The van der Waals surface area contributed by atoms with Gasteiger partial charge in [-0.2, -0.15) is 0 Å². The standard InChI is InChI=1S/C22H37N5O8/c1-6-12(4)19(22(35)25-14(10-28)9-17(31)32)27-20(33)15(7-8-16(23)30)26-21(34)18(11(2)3)24-13(5)29/h10-12,14-15,18-19H,6-9H2,1-5H3,(H2,23,30)(H,24,29)(H,25,35)(H,26,34)(H,27,33)(H,31,32)/t12-,14-,15-,18-,19-/m0/s1. The van der Waals surface area contributed by atoms with E-state index in [4.69, 9.17) is 10.8 Å². The van der Waals surface area contributed by atoms with Crippen LogP contribution in [0.5, 0.6) is 0 Å². The van der Waals surface area contributed by atoms with Gasteiger partial charge in [-0.25, -0.2) is 0 Å². The third kappa shape index (κ3) is 12.0. The predicted octanol–water partition coefficient (Wildman–Crippen LogP) is -1.41. The molecule has 13 nitrogen and oxygen atoms in total. The molecule has 5 atom stereocenters. The number of nitrogens with two attached hydrogens (primary N) is 1. The zero-order chi connectivity index (χ0) is 27.3. The minimum absolute atomic E-state index is 0.164. The SMILES string of the molecule is CC[C@H](C)[C@H](NC(=O)[C@H](CCC(N)=O)NC(=O)[C@@H](NC(C)=O)C(C)C)C(=O)N[C@H](C=O)CC(=O)O. The smallest absolute Gasteiger partial charge is 0.305 e. The Morgan fingerprint density at radius 2 is 1.46 bits per heavy atom. The minimum Gasteiger partial charge on any atom is -0.481 e. The second kappa shape index (κ2) is 15.4. The number of carboxylic acids is 1. The summed E-state index contributed by atoms with van der Waals surface area (Å²) in [5.74, 6) is -5.41. The van der Waals surface area contributed by atoms with Crippen molar-refractivity contribution in [1.29, 1.82) is 0 Å². The van der Waals surface area contributed by atoms with Crippen LogP contribution in [-0.2, 0) is 33.6 Å². The molecule has 0 aromatic carbocycles. The highest BCUT2D eigenvalue weighted by Crippen LogP contribution is 2.11. The van der Waals surface area contributed by atoms with Crippen molar-refractivity contribution in [3.63, 3.8) is 0 Å². The van der Waals surface area contributed by atoms with Crippen LogP contribution < -0.4 is 27.0 Å². The van der Waals surface area contributed by atoms with E-state index < -0.39 is 72.0 Å². The Morgan fingerprint density at radius 1 is 0.886 bits per heavy atom. The summed E-state index contributed by atoms with van der Waals surface area (Å²) in [7, 11) is 0. The quantitative estimate of drug-likeness (QED) is 0.138. The van der Waals surface area contributed by atoms with E-state index in [0.717, 1.165) is 0 Å². The Kier molecular flexibility index (Phi) is 13.9. The topological polar surface area (TPSA) is 214 Å². The first-order chi connectivity index (χ1) is 16.2. The molecule has 0 aromatic rings. The fourth-order valence-electron chi connectivity index (χ4n) is 3.12. The van der Waals surface area contributed by atoms with Crippen molar-refractivity contribution < 1.29 is 38.7 Å². The second-order valence-electron chi connectivity index (χ2n) is 8.71. The number of hydrogen-bond donors (Lipinski definition) is 6. The molecule has 35 heavy (non-hydrogen) atoms. The summed E-state index contributed by atoms with van der Waals surface area (Å²) < 4.78 is 0. The molecule has 0 heterocycles. The van der Waals surface area contributed by atoms with Crippen molar-refractivity contribution in [2.75, 3.05) is 0 Å². The Bertz CT molecular complexity index is 801. The molecular formula is C22H37N5O8. The maximum Gasteiger partial charge on any atom is 0.305 e. The van der Waals surface area contributed by atoms with E-state index in [1.54, 1.807) is 27.7 Å². The first-order valence-electron chi connectivity index (χ1n) is 11.4. The number of aliphatic carboxylic acids is 1. The molecule has 0 aromatic heterocycles. The van der Waals surface area contributed by atoms with E-state index in [9.17, 15) is 33.6 Å². The number of carbonyl (C=O) groups excluding carboxylic acids is 6. The van der Waals surface area contributed by atoms with Crippen LogP contribution in [0.25, 0.3) is 0 Å². The van der Waals surface area contributed by atoms with Gasteiger partial charge in [-0.05, 0) is 18.3 Å². The van der Waals surface area contributed by atoms with Crippen molar-refractivity contribution in [2.24, 2.45) is 17.6 Å². The summed E-state index contributed by atoms with van der Waals surface area (Å²) in [5, 5.41) is 18.7.